The van der Waals surface area contributed by atoms with Gasteiger partial charge in [0.1, 0.15) is 5.60 Å². The largest absolute Gasteiger partial charge is 0.444 e. The number of hydrogen-bond acceptors (Lipinski definition) is 5. The second-order valence-electron chi connectivity index (χ2n) is 8.15. The fourth-order valence-corrected chi connectivity index (χ4v) is 2.94. The molecule has 1 saturated heterocycles. The zero-order chi connectivity index (χ0) is 20.3. The van der Waals surface area contributed by atoms with Crippen LogP contribution in [-0.4, -0.2) is 93.4 Å². The molecule has 0 aliphatic carbocycles. The quantitative estimate of drug-likeness (QED) is 0.328. The Labute approximate surface area is 165 Å². The first-order valence-corrected chi connectivity index (χ1v) is 10.1. The Hall–Kier alpha value is -1.54. The van der Waals surface area contributed by atoms with Crippen LogP contribution in [0.2, 0.25) is 0 Å². The molecular formula is C19H40N6O2. The van der Waals surface area contributed by atoms with Crippen molar-refractivity contribution in [2.75, 3.05) is 66.0 Å². The molecule has 0 aromatic carbocycles. The number of ether oxygens (including phenoxy) is 1. The third-order valence-electron chi connectivity index (χ3n) is 4.41. The summed E-state index contributed by atoms with van der Waals surface area (Å²) in [5, 5.41) is 9.30. The molecule has 1 aliphatic rings. The number of aliphatic imine (C=N–C) groups is 1. The van der Waals surface area contributed by atoms with Gasteiger partial charge in [0.05, 0.1) is 0 Å². The van der Waals surface area contributed by atoms with Crippen LogP contribution in [0, 0.1) is 5.92 Å². The average Bonchev–Trinajstić information content (AvgIpc) is 2.60. The lowest BCUT2D eigenvalue weighted by molar-refractivity contribution is 0.0529. The van der Waals surface area contributed by atoms with E-state index < -0.39 is 11.7 Å². The van der Waals surface area contributed by atoms with Crippen LogP contribution >= 0.6 is 0 Å². The third kappa shape index (κ3) is 11.0. The average molecular weight is 385 g/mol. The first-order chi connectivity index (χ1) is 12.7. The predicted octanol–water partition coefficient (Wildman–Crippen LogP) is 0.950. The molecule has 0 radical (unpaired) electrons. The van der Waals surface area contributed by atoms with Gasteiger partial charge in [-0.1, -0.05) is 13.8 Å². The van der Waals surface area contributed by atoms with Gasteiger partial charge in [-0.05, 0) is 33.2 Å². The van der Waals surface area contributed by atoms with Crippen molar-refractivity contribution in [3.63, 3.8) is 0 Å². The lowest BCUT2D eigenvalue weighted by Gasteiger charge is -2.35. The summed E-state index contributed by atoms with van der Waals surface area (Å²) in [7, 11) is 1.76. The maximum Gasteiger partial charge on any atom is 0.407 e. The van der Waals surface area contributed by atoms with Crippen LogP contribution < -0.4 is 16.0 Å². The number of alkyl carbamates (subject to hydrolysis) is 1. The van der Waals surface area contributed by atoms with Gasteiger partial charge >= 0.3 is 6.09 Å². The topological polar surface area (TPSA) is 81.2 Å². The summed E-state index contributed by atoms with van der Waals surface area (Å²) < 4.78 is 5.20. The third-order valence-corrected chi connectivity index (χ3v) is 4.41. The van der Waals surface area contributed by atoms with Crippen molar-refractivity contribution >= 4 is 12.1 Å². The van der Waals surface area contributed by atoms with Gasteiger partial charge < -0.3 is 30.5 Å². The Morgan fingerprint density at radius 1 is 1.07 bits per heavy atom. The Morgan fingerprint density at radius 3 is 2.22 bits per heavy atom. The first-order valence-electron chi connectivity index (χ1n) is 10.1. The van der Waals surface area contributed by atoms with Gasteiger partial charge in [0.2, 0.25) is 0 Å². The molecule has 1 amide bonds. The number of likely N-dealkylation sites (N-methyl/N-ethyl adjacent to an activating group) is 1. The molecule has 1 fully saturated rings. The summed E-state index contributed by atoms with van der Waals surface area (Å²) in [5.74, 6) is 1.29. The SMILES string of the molecule is CCN1CCN(CC(C)CNC(=NC)NCCNC(=O)OC(C)(C)C)CC1. The number of rotatable bonds is 8. The number of amides is 1. The van der Waals surface area contributed by atoms with Crippen LogP contribution in [0.4, 0.5) is 4.79 Å². The molecule has 3 N–H and O–H groups in total. The fraction of sp³-hybridized carbons (Fsp3) is 0.895. The van der Waals surface area contributed by atoms with Crippen molar-refractivity contribution < 1.29 is 9.53 Å². The minimum absolute atomic E-state index is 0.399. The second-order valence-corrected chi connectivity index (χ2v) is 8.15. The summed E-state index contributed by atoms with van der Waals surface area (Å²) in [4.78, 5) is 20.9. The first kappa shape index (κ1) is 23.5. The Balaban J connectivity index is 2.16. The number of carbonyl (C=O) groups excluding carboxylic acids is 1. The molecule has 1 rings (SSSR count). The Kier molecular flexibility index (Phi) is 10.5. The summed E-state index contributed by atoms with van der Waals surface area (Å²) in [6, 6.07) is 0. The fourth-order valence-electron chi connectivity index (χ4n) is 2.94. The number of piperazine rings is 1. The number of nitrogens with zero attached hydrogens (tertiary/aromatic N) is 3. The Morgan fingerprint density at radius 2 is 1.67 bits per heavy atom. The molecule has 158 valence electrons. The van der Waals surface area contributed by atoms with E-state index in [1.54, 1.807) is 7.05 Å². The van der Waals surface area contributed by atoms with Crippen molar-refractivity contribution in [2.24, 2.45) is 10.9 Å². The molecule has 1 atom stereocenters. The molecule has 1 heterocycles. The predicted molar refractivity (Wildman–Crippen MR) is 111 cm³/mol. The van der Waals surface area contributed by atoms with Crippen LogP contribution in [-0.2, 0) is 4.74 Å². The highest BCUT2D eigenvalue weighted by atomic mass is 16.6. The number of hydrogen-bond donors (Lipinski definition) is 3. The van der Waals surface area contributed by atoms with Gasteiger partial charge in [-0.2, -0.15) is 0 Å². The van der Waals surface area contributed by atoms with Crippen LogP contribution in [0.1, 0.15) is 34.6 Å². The highest BCUT2D eigenvalue weighted by Crippen LogP contribution is 2.06. The van der Waals surface area contributed by atoms with Gasteiger partial charge in [-0.3, -0.25) is 4.99 Å². The highest BCUT2D eigenvalue weighted by molar-refractivity contribution is 5.79. The van der Waals surface area contributed by atoms with Crippen molar-refractivity contribution in [3.05, 3.63) is 0 Å². The molecule has 0 spiro atoms. The summed E-state index contributed by atoms with van der Waals surface area (Å²) in [6.45, 7) is 18.9. The molecule has 0 saturated carbocycles. The lowest BCUT2D eigenvalue weighted by Crippen LogP contribution is -2.49. The molecule has 1 aliphatic heterocycles. The molecular weight excluding hydrogens is 344 g/mol. The van der Waals surface area contributed by atoms with Gasteiger partial charge in [-0.25, -0.2) is 4.79 Å². The lowest BCUT2D eigenvalue weighted by atomic mass is 10.1. The van der Waals surface area contributed by atoms with Gasteiger partial charge in [0.15, 0.2) is 5.96 Å². The second kappa shape index (κ2) is 12.0. The highest BCUT2D eigenvalue weighted by Gasteiger charge is 2.17. The van der Waals surface area contributed by atoms with E-state index in [1.807, 2.05) is 20.8 Å². The molecule has 1 unspecified atom stereocenters. The smallest absolute Gasteiger partial charge is 0.407 e. The molecule has 8 heteroatoms. The van der Waals surface area contributed by atoms with Crippen LogP contribution in [0.15, 0.2) is 4.99 Å². The Bertz CT molecular complexity index is 456. The zero-order valence-corrected chi connectivity index (χ0v) is 18.1. The molecule has 0 aromatic heterocycles. The van der Waals surface area contributed by atoms with Crippen molar-refractivity contribution in [2.45, 2.75) is 40.2 Å². The minimum Gasteiger partial charge on any atom is -0.444 e. The van der Waals surface area contributed by atoms with Crippen LogP contribution in [0.3, 0.4) is 0 Å². The van der Waals surface area contributed by atoms with E-state index >= 15 is 0 Å². The zero-order valence-electron chi connectivity index (χ0n) is 18.1. The van der Waals surface area contributed by atoms with Crippen LogP contribution in [0.5, 0.6) is 0 Å². The van der Waals surface area contributed by atoms with Gasteiger partial charge in [0, 0.05) is 59.4 Å². The van der Waals surface area contributed by atoms with Crippen molar-refractivity contribution in [1.29, 1.82) is 0 Å². The van der Waals surface area contributed by atoms with Crippen LogP contribution in [0.25, 0.3) is 0 Å². The summed E-state index contributed by atoms with van der Waals surface area (Å²) >= 11 is 0. The monoisotopic (exact) mass is 384 g/mol. The molecule has 0 bridgehead atoms. The van der Waals surface area contributed by atoms with Crippen molar-refractivity contribution in [3.8, 4) is 0 Å². The van der Waals surface area contributed by atoms with E-state index in [9.17, 15) is 4.79 Å². The molecule has 27 heavy (non-hydrogen) atoms. The summed E-state index contributed by atoms with van der Waals surface area (Å²) in [5.41, 5.74) is -0.478. The van der Waals surface area contributed by atoms with Gasteiger partial charge in [0.25, 0.3) is 0 Å². The van der Waals surface area contributed by atoms with Crippen molar-refractivity contribution in [1.82, 2.24) is 25.8 Å². The van der Waals surface area contributed by atoms with E-state index in [1.165, 1.54) is 13.1 Å². The summed E-state index contributed by atoms with van der Waals surface area (Å²) in [6.07, 6.45) is -0.399. The van der Waals surface area contributed by atoms with E-state index in [0.29, 0.717) is 19.0 Å². The number of carbonyl (C=O) groups is 1. The normalized spacial score (nSPS) is 18.1. The maximum atomic E-state index is 11.6. The number of nitrogens with one attached hydrogen (secondary N) is 3. The standard InChI is InChI=1S/C19H40N6O2/c1-7-24-10-12-25(13-11-24)15-16(2)14-23-17(20-6)21-8-9-22-18(26)27-19(3,4)5/h16H,7-15H2,1-6H3,(H,22,26)(H2,20,21,23). The van der Waals surface area contributed by atoms with E-state index in [2.05, 4.69) is 44.6 Å². The maximum absolute atomic E-state index is 11.6. The number of guanidine groups is 1. The van der Waals surface area contributed by atoms with Gasteiger partial charge in [-0.15, -0.1) is 0 Å². The van der Waals surface area contributed by atoms with E-state index in [-0.39, 0.29) is 0 Å². The molecule has 8 nitrogen and oxygen atoms in total. The minimum atomic E-state index is -0.478. The van der Waals surface area contributed by atoms with E-state index in [4.69, 9.17) is 4.74 Å². The van der Waals surface area contributed by atoms with E-state index in [0.717, 1.165) is 38.7 Å². The molecule has 0 aromatic rings.